The summed E-state index contributed by atoms with van der Waals surface area (Å²) in [5, 5.41) is 10.3. The van der Waals surface area contributed by atoms with Crippen LogP contribution in [0.4, 0.5) is 17.1 Å². The number of halogens is 1. The molecule has 6 nitrogen and oxygen atoms in total. The molecule has 28 heavy (non-hydrogen) atoms. The number of hydrogen-bond donors (Lipinski definition) is 3. The molecule has 8 heteroatoms. The molecule has 0 saturated carbocycles. The number of anilines is 3. The molecule has 3 N–H and O–H groups in total. The first-order chi connectivity index (χ1) is 13.4. The van der Waals surface area contributed by atoms with Crippen LogP contribution in [0.5, 0.6) is 0 Å². The van der Waals surface area contributed by atoms with Crippen LogP contribution in [0.1, 0.15) is 27.0 Å². The summed E-state index contributed by atoms with van der Waals surface area (Å²) in [4.78, 5) is 36.2. The Labute approximate surface area is 170 Å². The standard InChI is InChI=1S/C20H16ClN3O3S/c1-12(25)22-15-8-9-17(16(21)11-15)24-19(26)13-4-6-14(7-5-13)23-20(27)18-3-2-10-28-18/h2-11H,1H3,(H,22,25)(H,23,27)(H,24,26). The fraction of sp³-hybridized carbons (Fsp3) is 0.0500. The van der Waals surface area contributed by atoms with Crippen molar-refractivity contribution in [3.05, 3.63) is 75.4 Å². The molecular weight excluding hydrogens is 398 g/mol. The Morgan fingerprint density at radius 1 is 0.857 bits per heavy atom. The van der Waals surface area contributed by atoms with E-state index in [0.717, 1.165) is 0 Å². The van der Waals surface area contributed by atoms with Crippen LogP contribution in [0.15, 0.2) is 60.0 Å². The van der Waals surface area contributed by atoms with Crippen molar-refractivity contribution < 1.29 is 14.4 Å². The molecule has 0 radical (unpaired) electrons. The van der Waals surface area contributed by atoms with E-state index in [0.29, 0.717) is 32.5 Å². The summed E-state index contributed by atoms with van der Waals surface area (Å²) < 4.78 is 0. The lowest BCUT2D eigenvalue weighted by Gasteiger charge is -2.10. The van der Waals surface area contributed by atoms with Gasteiger partial charge in [-0.05, 0) is 53.9 Å². The molecule has 0 unspecified atom stereocenters. The number of thiophene rings is 1. The van der Waals surface area contributed by atoms with Crippen molar-refractivity contribution in [3.8, 4) is 0 Å². The Morgan fingerprint density at radius 3 is 2.18 bits per heavy atom. The third kappa shape index (κ3) is 4.97. The molecule has 1 heterocycles. The van der Waals surface area contributed by atoms with E-state index < -0.39 is 0 Å². The number of carbonyl (C=O) groups is 3. The summed E-state index contributed by atoms with van der Waals surface area (Å²) in [5.41, 5.74) is 1.97. The number of rotatable bonds is 5. The zero-order chi connectivity index (χ0) is 20.1. The second-order valence-corrected chi connectivity index (χ2v) is 7.19. The van der Waals surface area contributed by atoms with Crippen molar-refractivity contribution in [2.75, 3.05) is 16.0 Å². The molecule has 2 aromatic carbocycles. The molecule has 0 bridgehead atoms. The first kappa shape index (κ1) is 19.6. The van der Waals surface area contributed by atoms with Crippen LogP contribution >= 0.6 is 22.9 Å². The second-order valence-electron chi connectivity index (χ2n) is 5.84. The number of benzene rings is 2. The van der Waals surface area contributed by atoms with E-state index in [1.54, 1.807) is 54.6 Å². The molecule has 0 aliphatic heterocycles. The van der Waals surface area contributed by atoms with Gasteiger partial charge in [0.15, 0.2) is 0 Å². The van der Waals surface area contributed by atoms with Gasteiger partial charge in [0.05, 0.1) is 15.6 Å². The molecule has 142 valence electrons. The summed E-state index contributed by atoms with van der Waals surface area (Å²) in [6.45, 7) is 1.40. The average Bonchev–Trinajstić information content (AvgIpc) is 3.19. The zero-order valence-corrected chi connectivity index (χ0v) is 16.4. The number of amides is 3. The van der Waals surface area contributed by atoms with Gasteiger partial charge in [0, 0.05) is 23.9 Å². The smallest absolute Gasteiger partial charge is 0.265 e. The Kier molecular flexibility index (Phi) is 6.08. The molecule has 0 spiro atoms. The van der Waals surface area contributed by atoms with Gasteiger partial charge in [-0.3, -0.25) is 14.4 Å². The predicted octanol–water partition coefficient (Wildman–Crippen LogP) is 4.86. The Bertz CT molecular complexity index is 1020. The van der Waals surface area contributed by atoms with Gasteiger partial charge in [-0.25, -0.2) is 0 Å². The molecule has 3 amide bonds. The van der Waals surface area contributed by atoms with Gasteiger partial charge >= 0.3 is 0 Å². The van der Waals surface area contributed by atoms with Crippen molar-refractivity contribution in [1.82, 2.24) is 0 Å². The topological polar surface area (TPSA) is 87.3 Å². The largest absolute Gasteiger partial charge is 0.326 e. The normalized spacial score (nSPS) is 10.2. The number of carbonyl (C=O) groups excluding carboxylic acids is 3. The van der Waals surface area contributed by atoms with Crippen molar-refractivity contribution in [2.24, 2.45) is 0 Å². The van der Waals surface area contributed by atoms with E-state index in [4.69, 9.17) is 11.6 Å². The molecule has 0 aliphatic rings. The predicted molar refractivity (Wildman–Crippen MR) is 112 cm³/mol. The SMILES string of the molecule is CC(=O)Nc1ccc(NC(=O)c2ccc(NC(=O)c3cccs3)cc2)c(Cl)c1. The molecule has 0 aliphatic carbocycles. The van der Waals surface area contributed by atoms with Crippen LogP contribution in [-0.2, 0) is 4.79 Å². The third-order valence-electron chi connectivity index (χ3n) is 3.69. The van der Waals surface area contributed by atoms with Gasteiger partial charge in [-0.2, -0.15) is 0 Å². The Morgan fingerprint density at radius 2 is 1.57 bits per heavy atom. The van der Waals surface area contributed by atoms with Crippen LogP contribution < -0.4 is 16.0 Å². The van der Waals surface area contributed by atoms with Crippen molar-refractivity contribution in [3.63, 3.8) is 0 Å². The van der Waals surface area contributed by atoms with E-state index in [9.17, 15) is 14.4 Å². The van der Waals surface area contributed by atoms with Gasteiger partial charge in [-0.15, -0.1) is 11.3 Å². The van der Waals surface area contributed by atoms with Gasteiger partial charge in [0.1, 0.15) is 0 Å². The van der Waals surface area contributed by atoms with E-state index >= 15 is 0 Å². The molecule has 0 atom stereocenters. The fourth-order valence-electron chi connectivity index (χ4n) is 2.40. The minimum Gasteiger partial charge on any atom is -0.326 e. The molecule has 3 aromatic rings. The minimum absolute atomic E-state index is 0.196. The van der Waals surface area contributed by atoms with Gasteiger partial charge < -0.3 is 16.0 Å². The average molecular weight is 414 g/mol. The summed E-state index contributed by atoms with van der Waals surface area (Å²) in [7, 11) is 0. The highest BCUT2D eigenvalue weighted by Gasteiger charge is 2.11. The highest BCUT2D eigenvalue weighted by molar-refractivity contribution is 7.12. The van der Waals surface area contributed by atoms with Crippen LogP contribution in [0, 0.1) is 0 Å². The lowest BCUT2D eigenvalue weighted by Crippen LogP contribution is -2.13. The second kappa shape index (κ2) is 8.69. The van der Waals surface area contributed by atoms with Crippen molar-refractivity contribution in [2.45, 2.75) is 6.92 Å². The van der Waals surface area contributed by atoms with Gasteiger partial charge in [-0.1, -0.05) is 17.7 Å². The first-order valence-corrected chi connectivity index (χ1v) is 9.51. The molecular formula is C20H16ClN3O3S. The minimum atomic E-state index is -0.342. The van der Waals surface area contributed by atoms with E-state index in [-0.39, 0.29) is 17.7 Å². The number of nitrogens with one attached hydrogen (secondary N) is 3. The summed E-state index contributed by atoms with van der Waals surface area (Å²) in [5.74, 6) is -0.748. The monoisotopic (exact) mass is 413 g/mol. The van der Waals surface area contributed by atoms with Crippen molar-refractivity contribution in [1.29, 1.82) is 0 Å². The third-order valence-corrected chi connectivity index (χ3v) is 4.87. The summed E-state index contributed by atoms with van der Waals surface area (Å²) >= 11 is 7.52. The molecule has 3 rings (SSSR count). The number of hydrogen-bond acceptors (Lipinski definition) is 4. The van der Waals surface area contributed by atoms with Crippen LogP contribution in [0.25, 0.3) is 0 Å². The zero-order valence-electron chi connectivity index (χ0n) is 14.8. The van der Waals surface area contributed by atoms with Gasteiger partial charge in [0.25, 0.3) is 11.8 Å². The Hall–Kier alpha value is -3.16. The fourth-order valence-corrected chi connectivity index (χ4v) is 3.24. The van der Waals surface area contributed by atoms with Crippen LogP contribution in [-0.4, -0.2) is 17.7 Å². The maximum absolute atomic E-state index is 12.4. The lowest BCUT2D eigenvalue weighted by atomic mass is 10.2. The van der Waals surface area contributed by atoms with Crippen LogP contribution in [0.3, 0.4) is 0 Å². The summed E-state index contributed by atoms with van der Waals surface area (Å²) in [6.07, 6.45) is 0. The summed E-state index contributed by atoms with van der Waals surface area (Å²) in [6, 6.07) is 14.9. The molecule has 0 saturated heterocycles. The van der Waals surface area contributed by atoms with Crippen molar-refractivity contribution >= 4 is 57.7 Å². The highest BCUT2D eigenvalue weighted by Crippen LogP contribution is 2.26. The lowest BCUT2D eigenvalue weighted by molar-refractivity contribution is -0.114. The Balaban J connectivity index is 1.65. The van der Waals surface area contributed by atoms with Gasteiger partial charge in [0.2, 0.25) is 5.91 Å². The van der Waals surface area contributed by atoms with E-state index in [2.05, 4.69) is 16.0 Å². The van der Waals surface area contributed by atoms with E-state index in [1.165, 1.54) is 18.3 Å². The quantitative estimate of drug-likeness (QED) is 0.558. The van der Waals surface area contributed by atoms with E-state index in [1.807, 2.05) is 5.38 Å². The highest BCUT2D eigenvalue weighted by atomic mass is 35.5. The molecule has 0 fully saturated rings. The van der Waals surface area contributed by atoms with Crippen LogP contribution in [0.2, 0.25) is 5.02 Å². The maximum Gasteiger partial charge on any atom is 0.265 e. The maximum atomic E-state index is 12.4. The molecule has 1 aromatic heterocycles. The first-order valence-electron chi connectivity index (χ1n) is 8.26.